The van der Waals surface area contributed by atoms with Crippen molar-refractivity contribution in [3.63, 3.8) is 0 Å². The van der Waals surface area contributed by atoms with E-state index in [1.807, 2.05) is 18.2 Å². The van der Waals surface area contributed by atoms with Crippen molar-refractivity contribution >= 4 is 22.5 Å². The number of para-hydroxylation sites is 1. The number of nitrogens with zero attached hydrogens (tertiary/aromatic N) is 3. The molecule has 5 rings (SSSR count). The summed E-state index contributed by atoms with van der Waals surface area (Å²) < 4.78 is 17.0. The van der Waals surface area contributed by atoms with Crippen LogP contribution in [0, 0.1) is 0 Å². The van der Waals surface area contributed by atoms with Crippen molar-refractivity contribution in [3.8, 4) is 17.2 Å². The van der Waals surface area contributed by atoms with Gasteiger partial charge in [0.1, 0.15) is 18.0 Å². The van der Waals surface area contributed by atoms with Gasteiger partial charge in [0, 0.05) is 31.1 Å². The van der Waals surface area contributed by atoms with Crippen molar-refractivity contribution in [2.24, 2.45) is 0 Å². The first-order valence-corrected chi connectivity index (χ1v) is 11.0. The number of aromatic hydroxyl groups is 1. The third-order valence-electron chi connectivity index (χ3n) is 6.10. The van der Waals surface area contributed by atoms with E-state index < -0.39 is 5.92 Å². The molecule has 1 atom stereocenters. The van der Waals surface area contributed by atoms with E-state index in [2.05, 4.69) is 20.2 Å². The number of carbonyl (C=O) groups excluding carboxylic acids is 1. The lowest BCUT2D eigenvalue weighted by atomic mass is 9.94. The van der Waals surface area contributed by atoms with Crippen LogP contribution >= 0.6 is 0 Å². The molecule has 3 heterocycles. The van der Waals surface area contributed by atoms with Gasteiger partial charge in [0.15, 0.2) is 11.5 Å². The third-order valence-corrected chi connectivity index (χ3v) is 6.10. The maximum absolute atomic E-state index is 12.8. The van der Waals surface area contributed by atoms with E-state index in [1.165, 1.54) is 6.33 Å². The molecule has 3 aromatic rings. The number of amides is 1. The van der Waals surface area contributed by atoms with Gasteiger partial charge < -0.3 is 24.6 Å². The van der Waals surface area contributed by atoms with Gasteiger partial charge in [0.25, 0.3) is 0 Å². The summed E-state index contributed by atoms with van der Waals surface area (Å²) in [7, 11) is 1.58. The van der Waals surface area contributed by atoms with Gasteiger partial charge in [-0.2, -0.15) is 0 Å². The molecule has 0 spiro atoms. The van der Waals surface area contributed by atoms with Gasteiger partial charge >= 0.3 is 0 Å². The molecule has 172 valence electrons. The minimum absolute atomic E-state index is 0.0343. The molecular weight excluding hydrogens is 424 g/mol. The van der Waals surface area contributed by atoms with Gasteiger partial charge in [-0.25, -0.2) is 9.97 Å². The van der Waals surface area contributed by atoms with E-state index in [0.717, 1.165) is 39.3 Å². The number of anilines is 1. The number of hydrogen-bond donors (Lipinski definition) is 2. The number of carbonyl (C=O) groups is 1. The van der Waals surface area contributed by atoms with Crippen LogP contribution in [-0.2, 0) is 9.53 Å². The zero-order valence-corrected chi connectivity index (χ0v) is 18.4. The standard InChI is InChI=1S/C24H26N4O5/c1-31-19-12-16-17(13-20(19)33-9-3-6-28-7-10-32-11-8-28)25-14-26-23(16)21-15-4-2-5-18(29)22(15)27-24(21)30/h2,4-5,12-14,21,29H,3,6-11H2,1H3,(H,27,30). The molecule has 2 aliphatic heterocycles. The molecule has 2 aromatic carbocycles. The van der Waals surface area contributed by atoms with Crippen LogP contribution in [0.4, 0.5) is 5.69 Å². The number of nitrogens with one attached hydrogen (secondary N) is 1. The largest absolute Gasteiger partial charge is 0.506 e. The molecule has 1 fully saturated rings. The van der Waals surface area contributed by atoms with E-state index in [9.17, 15) is 9.90 Å². The SMILES string of the molecule is COc1cc2c(C3C(=O)Nc4c(O)cccc43)ncnc2cc1OCCCN1CCOCC1. The van der Waals surface area contributed by atoms with Crippen molar-refractivity contribution in [3.05, 3.63) is 47.9 Å². The number of rotatable bonds is 7. The third kappa shape index (κ3) is 4.17. The fourth-order valence-corrected chi connectivity index (χ4v) is 4.42. The molecule has 33 heavy (non-hydrogen) atoms. The normalized spacial score (nSPS) is 18.2. The molecule has 1 aromatic heterocycles. The molecular formula is C24H26N4O5. The molecule has 0 aliphatic carbocycles. The molecule has 9 heteroatoms. The number of methoxy groups -OCH3 is 1. The Balaban J connectivity index is 1.40. The lowest BCUT2D eigenvalue weighted by Gasteiger charge is -2.26. The highest BCUT2D eigenvalue weighted by atomic mass is 16.5. The average molecular weight is 450 g/mol. The molecule has 1 unspecified atom stereocenters. The van der Waals surface area contributed by atoms with E-state index >= 15 is 0 Å². The highest BCUT2D eigenvalue weighted by molar-refractivity contribution is 6.08. The fraction of sp³-hybridized carbons (Fsp3) is 0.375. The van der Waals surface area contributed by atoms with Crippen molar-refractivity contribution in [1.82, 2.24) is 14.9 Å². The second-order valence-corrected chi connectivity index (χ2v) is 8.10. The summed E-state index contributed by atoms with van der Waals surface area (Å²) in [4.78, 5) is 24.0. The quantitative estimate of drug-likeness (QED) is 0.418. The smallest absolute Gasteiger partial charge is 0.238 e. The Labute approximate surface area is 191 Å². The lowest BCUT2D eigenvalue weighted by molar-refractivity contribution is -0.116. The lowest BCUT2D eigenvalue weighted by Crippen LogP contribution is -2.37. The van der Waals surface area contributed by atoms with Crippen molar-refractivity contribution in [2.45, 2.75) is 12.3 Å². The first kappa shape index (κ1) is 21.4. The Morgan fingerprint density at radius 2 is 2.06 bits per heavy atom. The van der Waals surface area contributed by atoms with Crippen LogP contribution in [-0.4, -0.2) is 72.4 Å². The van der Waals surface area contributed by atoms with E-state index in [0.29, 0.717) is 46.0 Å². The first-order valence-electron chi connectivity index (χ1n) is 11.0. The minimum atomic E-state index is -0.650. The Morgan fingerprint density at radius 3 is 2.88 bits per heavy atom. The van der Waals surface area contributed by atoms with E-state index in [-0.39, 0.29) is 11.7 Å². The zero-order chi connectivity index (χ0) is 22.8. The summed E-state index contributed by atoms with van der Waals surface area (Å²) >= 11 is 0. The average Bonchev–Trinajstić information content (AvgIpc) is 3.18. The molecule has 9 nitrogen and oxygen atoms in total. The molecule has 0 saturated carbocycles. The minimum Gasteiger partial charge on any atom is -0.506 e. The van der Waals surface area contributed by atoms with Crippen LogP contribution in [0.1, 0.15) is 23.6 Å². The summed E-state index contributed by atoms with van der Waals surface area (Å²) in [5, 5.41) is 13.6. The Morgan fingerprint density at radius 1 is 1.21 bits per heavy atom. The monoisotopic (exact) mass is 450 g/mol. The Hall–Kier alpha value is -3.43. The molecule has 0 radical (unpaired) electrons. The van der Waals surface area contributed by atoms with Gasteiger partial charge in [-0.05, 0) is 24.1 Å². The number of aromatic nitrogens is 2. The van der Waals surface area contributed by atoms with Crippen LogP contribution in [0.3, 0.4) is 0 Å². The van der Waals surface area contributed by atoms with Gasteiger partial charge in [0.2, 0.25) is 5.91 Å². The van der Waals surface area contributed by atoms with Crippen LogP contribution in [0.25, 0.3) is 10.9 Å². The van der Waals surface area contributed by atoms with Crippen LogP contribution in [0.5, 0.6) is 17.2 Å². The predicted octanol–water partition coefficient (Wildman–Crippen LogP) is 2.53. The van der Waals surface area contributed by atoms with Gasteiger partial charge in [-0.3, -0.25) is 9.69 Å². The van der Waals surface area contributed by atoms with Crippen molar-refractivity contribution < 1.29 is 24.1 Å². The number of morpholine rings is 1. The second kappa shape index (κ2) is 9.21. The predicted molar refractivity (Wildman–Crippen MR) is 122 cm³/mol. The van der Waals surface area contributed by atoms with E-state index in [4.69, 9.17) is 14.2 Å². The number of hydrogen-bond acceptors (Lipinski definition) is 8. The summed E-state index contributed by atoms with van der Waals surface area (Å²) in [6, 6.07) is 8.72. The zero-order valence-electron chi connectivity index (χ0n) is 18.4. The second-order valence-electron chi connectivity index (χ2n) is 8.10. The highest BCUT2D eigenvalue weighted by Gasteiger charge is 2.36. The molecule has 2 aliphatic rings. The molecule has 1 amide bonds. The van der Waals surface area contributed by atoms with Gasteiger partial charge in [0.05, 0.1) is 43.8 Å². The van der Waals surface area contributed by atoms with Gasteiger partial charge in [-0.1, -0.05) is 12.1 Å². The first-order chi connectivity index (χ1) is 16.2. The van der Waals surface area contributed by atoms with Gasteiger partial charge in [-0.15, -0.1) is 0 Å². The summed E-state index contributed by atoms with van der Waals surface area (Å²) in [6.07, 6.45) is 2.33. The Bertz CT molecular complexity index is 1180. The topological polar surface area (TPSA) is 106 Å². The summed E-state index contributed by atoms with van der Waals surface area (Å²) in [5.74, 6) is 0.300. The van der Waals surface area contributed by atoms with Crippen molar-refractivity contribution in [2.75, 3.05) is 51.9 Å². The number of benzene rings is 2. The van der Waals surface area contributed by atoms with Crippen molar-refractivity contribution in [1.29, 1.82) is 0 Å². The van der Waals surface area contributed by atoms with Crippen LogP contribution in [0.2, 0.25) is 0 Å². The fourth-order valence-electron chi connectivity index (χ4n) is 4.42. The number of fused-ring (bicyclic) bond motifs is 2. The highest BCUT2D eigenvalue weighted by Crippen LogP contribution is 2.43. The molecule has 0 bridgehead atoms. The maximum Gasteiger partial charge on any atom is 0.238 e. The number of phenolic OH excluding ortho intramolecular Hbond substituents is 1. The summed E-state index contributed by atoms with van der Waals surface area (Å²) in [5.41, 5.74) is 2.32. The van der Waals surface area contributed by atoms with Crippen LogP contribution in [0.15, 0.2) is 36.7 Å². The molecule has 2 N–H and O–H groups in total. The Kier molecular flexibility index (Phi) is 5.97. The molecule has 1 saturated heterocycles. The summed E-state index contributed by atoms with van der Waals surface area (Å²) in [6.45, 7) is 4.97. The van der Waals surface area contributed by atoms with E-state index in [1.54, 1.807) is 19.2 Å². The number of ether oxygens (including phenoxy) is 3. The number of phenols is 1. The van der Waals surface area contributed by atoms with Crippen LogP contribution < -0.4 is 14.8 Å². The maximum atomic E-state index is 12.8.